The summed E-state index contributed by atoms with van der Waals surface area (Å²) in [5.74, 6) is -0.0878. The Kier molecular flexibility index (Phi) is 2.82. The Morgan fingerprint density at radius 3 is 2.93 bits per heavy atom. The second-order valence-corrected chi connectivity index (χ2v) is 5.69. The molecule has 0 aliphatic heterocycles. The van der Waals surface area contributed by atoms with Gasteiger partial charge >= 0.3 is 0 Å². The summed E-state index contributed by atoms with van der Waals surface area (Å²) < 4.78 is 0. The molecule has 0 amide bonds. The number of carboxylic acid groups (broad SMARTS) is 1. The van der Waals surface area contributed by atoms with Gasteiger partial charge in [-0.25, -0.2) is 0 Å². The van der Waals surface area contributed by atoms with Crippen molar-refractivity contribution in [2.75, 3.05) is 0 Å². The maximum absolute atomic E-state index is 11.1. The fourth-order valence-corrected chi connectivity index (χ4v) is 3.93. The lowest BCUT2D eigenvalue weighted by Gasteiger charge is -2.50. The highest BCUT2D eigenvalue weighted by atomic mass is 16.4. The van der Waals surface area contributed by atoms with Crippen LogP contribution in [0.25, 0.3) is 0 Å². The molecule has 0 aromatic carbocycles. The van der Waals surface area contributed by atoms with Gasteiger partial charge in [-0.3, -0.25) is 4.79 Å². The zero-order chi connectivity index (χ0) is 11.1. The van der Waals surface area contributed by atoms with Crippen LogP contribution in [0.1, 0.15) is 45.4 Å². The Labute approximate surface area is 92.8 Å². The van der Waals surface area contributed by atoms with Gasteiger partial charge in [-0.1, -0.05) is 19.8 Å². The van der Waals surface area contributed by atoms with Crippen LogP contribution in [0.15, 0.2) is 0 Å². The molecular weight excluding hydrogens is 187 g/mol. The van der Waals surface area contributed by atoms with Gasteiger partial charge in [-0.05, 0) is 42.9 Å². The highest BCUT2D eigenvalue weighted by molar-refractivity contribution is 6.22. The standard InChI is InChI=1S/C12H19BO2/c1-8-5-9-3-2-4-12(6-8,7-9)10(13)11(14)15/h8-10H,2-7H2,1H3,(H,14,15). The Bertz CT molecular complexity index is 262. The Morgan fingerprint density at radius 2 is 2.27 bits per heavy atom. The van der Waals surface area contributed by atoms with E-state index >= 15 is 0 Å². The fourth-order valence-electron chi connectivity index (χ4n) is 3.93. The van der Waals surface area contributed by atoms with Crippen LogP contribution in [0.4, 0.5) is 0 Å². The molecule has 4 atom stereocenters. The lowest BCUT2D eigenvalue weighted by molar-refractivity contribution is -0.141. The minimum Gasteiger partial charge on any atom is -0.482 e. The molecule has 0 aromatic heterocycles. The van der Waals surface area contributed by atoms with Gasteiger partial charge in [0, 0.05) is 5.82 Å². The van der Waals surface area contributed by atoms with E-state index in [1.54, 1.807) is 0 Å². The van der Waals surface area contributed by atoms with Gasteiger partial charge in [0.1, 0.15) is 0 Å². The Hall–Kier alpha value is -0.465. The van der Waals surface area contributed by atoms with Crippen molar-refractivity contribution in [1.29, 1.82) is 0 Å². The predicted octanol–water partition coefficient (Wildman–Crippen LogP) is 2.63. The van der Waals surface area contributed by atoms with E-state index in [2.05, 4.69) is 6.92 Å². The first-order valence-corrected chi connectivity index (χ1v) is 6.02. The summed E-state index contributed by atoms with van der Waals surface area (Å²) >= 11 is 0. The first kappa shape index (κ1) is 11.0. The summed E-state index contributed by atoms with van der Waals surface area (Å²) in [6.07, 6.45) is 6.79. The van der Waals surface area contributed by atoms with Crippen LogP contribution in [-0.2, 0) is 4.79 Å². The van der Waals surface area contributed by atoms with Crippen LogP contribution in [0.2, 0.25) is 5.82 Å². The van der Waals surface area contributed by atoms with Gasteiger partial charge in [-0.15, -0.1) is 0 Å². The molecule has 2 nitrogen and oxygen atoms in total. The lowest BCUT2D eigenvalue weighted by atomic mass is 9.50. The molecule has 15 heavy (non-hydrogen) atoms. The van der Waals surface area contributed by atoms with Crippen LogP contribution in [0, 0.1) is 17.3 Å². The van der Waals surface area contributed by atoms with Crippen molar-refractivity contribution in [1.82, 2.24) is 0 Å². The molecule has 2 aliphatic rings. The van der Waals surface area contributed by atoms with Gasteiger partial charge in [0.25, 0.3) is 5.97 Å². The highest BCUT2D eigenvalue weighted by Gasteiger charge is 2.46. The van der Waals surface area contributed by atoms with E-state index in [9.17, 15) is 4.79 Å². The van der Waals surface area contributed by atoms with Crippen LogP contribution < -0.4 is 0 Å². The number of rotatable bonds is 2. The number of aliphatic carboxylic acids is 1. The van der Waals surface area contributed by atoms with E-state index in [1.165, 1.54) is 19.3 Å². The molecule has 2 radical (unpaired) electrons. The van der Waals surface area contributed by atoms with E-state index < -0.39 is 11.8 Å². The first-order valence-electron chi connectivity index (χ1n) is 6.02. The maximum atomic E-state index is 11.1. The molecule has 0 saturated heterocycles. The van der Waals surface area contributed by atoms with Crippen molar-refractivity contribution < 1.29 is 9.90 Å². The van der Waals surface area contributed by atoms with Crippen LogP contribution in [0.5, 0.6) is 0 Å². The minimum atomic E-state index is -0.815. The summed E-state index contributed by atoms with van der Waals surface area (Å²) in [4.78, 5) is 11.1. The molecular formula is C12H19BO2. The average Bonchev–Trinajstić information content (AvgIpc) is 2.15. The molecule has 3 heteroatoms. The number of hydrogen-bond acceptors (Lipinski definition) is 1. The largest absolute Gasteiger partial charge is 0.482 e. The summed E-state index contributed by atoms with van der Waals surface area (Å²) in [5.41, 5.74) is -0.0909. The number of fused-ring (bicyclic) bond motifs is 2. The predicted molar refractivity (Wildman–Crippen MR) is 59.9 cm³/mol. The summed E-state index contributed by atoms with van der Waals surface area (Å²) in [6.45, 7) is 2.24. The molecule has 2 rings (SSSR count). The van der Waals surface area contributed by atoms with Gasteiger partial charge in [0.2, 0.25) is 0 Å². The fraction of sp³-hybridized carbons (Fsp3) is 0.917. The third-order valence-electron chi connectivity index (χ3n) is 4.40. The second kappa shape index (κ2) is 3.84. The molecule has 0 aromatic rings. The van der Waals surface area contributed by atoms with Crippen molar-refractivity contribution in [3.63, 3.8) is 0 Å². The first-order chi connectivity index (χ1) is 7.03. The summed E-state index contributed by atoms with van der Waals surface area (Å²) in [6, 6.07) is 0. The Balaban J connectivity index is 2.20. The van der Waals surface area contributed by atoms with Crippen molar-refractivity contribution in [2.45, 2.75) is 51.3 Å². The molecule has 1 N–H and O–H groups in total. The summed E-state index contributed by atoms with van der Waals surface area (Å²) in [5, 5.41) is 9.10. The van der Waals surface area contributed by atoms with Crippen molar-refractivity contribution >= 4 is 13.8 Å². The van der Waals surface area contributed by atoms with E-state index in [0.717, 1.165) is 25.2 Å². The smallest absolute Gasteiger partial charge is 0.298 e. The van der Waals surface area contributed by atoms with Gasteiger partial charge < -0.3 is 5.11 Å². The number of carbonyl (C=O) groups is 1. The third kappa shape index (κ3) is 1.93. The SMILES string of the molecule is [B]C(C(=O)O)C12CCCC(CC(C)C1)C2. The van der Waals surface area contributed by atoms with Crippen molar-refractivity contribution in [2.24, 2.45) is 17.3 Å². The third-order valence-corrected chi connectivity index (χ3v) is 4.40. The highest BCUT2D eigenvalue weighted by Crippen LogP contribution is 2.56. The monoisotopic (exact) mass is 206 g/mol. The van der Waals surface area contributed by atoms with Gasteiger partial charge in [0.15, 0.2) is 0 Å². The van der Waals surface area contributed by atoms with Crippen LogP contribution in [-0.4, -0.2) is 18.9 Å². The van der Waals surface area contributed by atoms with Gasteiger partial charge in [-0.2, -0.15) is 0 Å². The molecule has 2 saturated carbocycles. The molecule has 4 unspecified atom stereocenters. The molecule has 2 fully saturated rings. The van der Waals surface area contributed by atoms with Crippen molar-refractivity contribution in [3.8, 4) is 0 Å². The van der Waals surface area contributed by atoms with Gasteiger partial charge in [0.05, 0.1) is 7.85 Å². The number of carboxylic acids is 1. The van der Waals surface area contributed by atoms with E-state index in [1.807, 2.05) is 0 Å². The lowest BCUT2D eigenvalue weighted by Crippen LogP contribution is -2.41. The minimum absolute atomic E-state index is 0.0909. The molecule has 2 bridgehead atoms. The summed E-state index contributed by atoms with van der Waals surface area (Å²) in [7, 11) is 5.90. The molecule has 2 aliphatic carbocycles. The average molecular weight is 206 g/mol. The quantitative estimate of drug-likeness (QED) is 0.705. The zero-order valence-corrected chi connectivity index (χ0v) is 9.41. The molecule has 0 spiro atoms. The maximum Gasteiger partial charge on any atom is 0.298 e. The Morgan fingerprint density at radius 1 is 1.53 bits per heavy atom. The van der Waals surface area contributed by atoms with Crippen molar-refractivity contribution in [3.05, 3.63) is 0 Å². The topological polar surface area (TPSA) is 37.3 Å². The number of hydrogen-bond donors (Lipinski definition) is 1. The van der Waals surface area contributed by atoms with E-state index in [-0.39, 0.29) is 5.41 Å². The molecule has 82 valence electrons. The molecule has 0 heterocycles. The van der Waals surface area contributed by atoms with Crippen LogP contribution in [0.3, 0.4) is 0 Å². The van der Waals surface area contributed by atoms with Crippen LogP contribution >= 0.6 is 0 Å². The van der Waals surface area contributed by atoms with E-state index in [4.69, 9.17) is 13.0 Å². The zero-order valence-electron chi connectivity index (χ0n) is 9.41. The van der Waals surface area contributed by atoms with E-state index in [0.29, 0.717) is 5.92 Å². The second-order valence-electron chi connectivity index (χ2n) is 5.69. The normalized spacial score (nSPS) is 42.2.